The lowest BCUT2D eigenvalue weighted by Gasteiger charge is -2.39. The summed E-state index contributed by atoms with van der Waals surface area (Å²) in [7, 11) is 0. The summed E-state index contributed by atoms with van der Waals surface area (Å²) in [5, 5.41) is 4.05. The Morgan fingerprint density at radius 3 is 2.62 bits per heavy atom. The number of hydrogen-bond donors (Lipinski definition) is 0. The first-order chi connectivity index (χ1) is 12.1. The van der Waals surface area contributed by atoms with Crippen LogP contribution < -0.4 is 4.74 Å². The summed E-state index contributed by atoms with van der Waals surface area (Å²) in [6.07, 6.45) is 3.28. The van der Waals surface area contributed by atoms with Crippen molar-refractivity contribution in [2.24, 2.45) is 0 Å². The van der Waals surface area contributed by atoms with Crippen molar-refractivity contribution in [3.63, 3.8) is 0 Å². The molecule has 0 radical (unpaired) electrons. The van der Waals surface area contributed by atoms with E-state index in [-0.39, 0.29) is 22.6 Å². The van der Waals surface area contributed by atoms with E-state index < -0.39 is 17.0 Å². The number of carbonyl (C=O) groups is 1. The highest BCUT2D eigenvalue weighted by molar-refractivity contribution is 6.29. The van der Waals surface area contributed by atoms with Crippen LogP contribution in [-0.4, -0.2) is 49.9 Å². The van der Waals surface area contributed by atoms with Crippen LogP contribution in [0.4, 0.5) is 9.18 Å². The molecule has 1 aliphatic heterocycles. The van der Waals surface area contributed by atoms with Crippen molar-refractivity contribution in [2.75, 3.05) is 13.1 Å². The molecule has 0 atom stereocenters. The third kappa shape index (κ3) is 4.00. The molecule has 0 spiro atoms. The minimum Gasteiger partial charge on any atom is -0.470 e. The molecule has 1 saturated heterocycles. The van der Waals surface area contributed by atoms with E-state index in [2.05, 4.69) is 10.1 Å². The predicted octanol–water partition coefficient (Wildman–Crippen LogP) is 3.69. The number of hydrogen-bond acceptors (Lipinski definition) is 5. The standard InChI is InChI=1S/C17H22ClFN4O3/c1-16(2,3)26-15(24)22-7-5-17(4,6-8-22)25-14-13-11(19)9-20-23(13)10-12(18)21-14/h9-10H,5-8H2,1-4H3. The van der Waals surface area contributed by atoms with Crippen molar-refractivity contribution < 1.29 is 18.7 Å². The monoisotopic (exact) mass is 384 g/mol. The molecule has 0 unspecified atom stereocenters. The van der Waals surface area contributed by atoms with Gasteiger partial charge in [-0.15, -0.1) is 0 Å². The minimum absolute atomic E-state index is 0.0979. The molecule has 9 heteroatoms. The number of halogens is 2. The Bertz CT molecular complexity index is 825. The van der Waals surface area contributed by atoms with Crippen molar-refractivity contribution >= 4 is 23.2 Å². The molecule has 0 bridgehead atoms. The zero-order chi connectivity index (χ0) is 19.1. The van der Waals surface area contributed by atoms with Gasteiger partial charge in [0.25, 0.3) is 0 Å². The average molecular weight is 385 g/mol. The van der Waals surface area contributed by atoms with E-state index >= 15 is 0 Å². The van der Waals surface area contributed by atoms with Gasteiger partial charge in [-0.3, -0.25) is 0 Å². The Kier molecular flexibility index (Phi) is 4.72. The highest BCUT2D eigenvalue weighted by Gasteiger charge is 2.36. The number of amides is 1. The van der Waals surface area contributed by atoms with Gasteiger partial charge in [0.15, 0.2) is 16.5 Å². The fourth-order valence-corrected chi connectivity index (χ4v) is 2.98. The number of fused-ring (bicyclic) bond motifs is 1. The van der Waals surface area contributed by atoms with Gasteiger partial charge in [-0.1, -0.05) is 11.6 Å². The van der Waals surface area contributed by atoms with E-state index in [1.807, 2.05) is 27.7 Å². The third-order valence-corrected chi connectivity index (χ3v) is 4.39. The maximum atomic E-state index is 14.0. The Labute approximate surface area is 156 Å². The van der Waals surface area contributed by atoms with Crippen molar-refractivity contribution in [2.45, 2.75) is 51.7 Å². The molecular weight excluding hydrogens is 363 g/mol. The van der Waals surface area contributed by atoms with Crippen molar-refractivity contribution in [1.29, 1.82) is 0 Å². The lowest BCUT2D eigenvalue weighted by atomic mass is 9.93. The normalized spacial score (nSPS) is 17.4. The number of likely N-dealkylation sites (tertiary alicyclic amines) is 1. The van der Waals surface area contributed by atoms with Crippen LogP contribution in [0.3, 0.4) is 0 Å². The minimum atomic E-state index is -0.604. The molecule has 0 N–H and O–H groups in total. The number of aromatic nitrogens is 3. The Morgan fingerprint density at radius 1 is 1.35 bits per heavy atom. The van der Waals surface area contributed by atoms with Crippen LogP contribution in [0, 0.1) is 5.82 Å². The first kappa shape index (κ1) is 18.7. The van der Waals surface area contributed by atoms with Crippen LogP contribution in [0.5, 0.6) is 5.88 Å². The first-order valence-corrected chi connectivity index (χ1v) is 8.80. The molecular formula is C17H22ClFN4O3. The highest BCUT2D eigenvalue weighted by atomic mass is 35.5. The maximum Gasteiger partial charge on any atom is 0.410 e. The molecule has 142 valence electrons. The zero-order valence-electron chi connectivity index (χ0n) is 15.3. The molecule has 2 aromatic heterocycles. The van der Waals surface area contributed by atoms with Gasteiger partial charge in [0, 0.05) is 25.9 Å². The zero-order valence-corrected chi connectivity index (χ0v) is 16.0. The van der Waals surface area contributed by atoms with Gasteiger partial charge in [0.05, 0.1) is 12.4 Å². The fourth-order valence-electron chi connectivity index (χ4n) is 2.81. The van der Waals surface area contributed by atoms with Crippen LogP contribution >= 0.6 is 11.6 Å². The van der Waals surface area contributed by atoms with E-state index in [0.29, 0.717) is 25.9 Å². The SMILES string of the molecule is CC(C)(C)OC(=O)N1CCC(C)(Oc2nc(Cl)cn3ncc(F)c23)CC1. The summed E-state index contributed by atoms with van der Waals surface area (Å²) in [6, 6.07) is 0. The summed E-state index contributed by atoms with van der Waals surface area (Å²) in [5.41, 5.74) is -0.998. The van der Waals surface area contributed by atoms with Gasteiger partial charge < -0.3 is 14.4 Å². The van der Waals surface area contributed by atoms with Crippen molar-refractivity contribution in [3.8, 4) is 5.88 Å². The molecule has 0 aromatic carbocycles. The maximum absolute atomic E-state index is 14.0. The van der Waals surface area contributed by atoms with Crippen LogP contribution in [0.15, 0.2) is 12.4 Å². The van der Waals surface area contributed by atoms with Gasteiger partial charge in [-0.2, -0.15) is 10.1 Å². The molecule has 7 nitrogen and oxygen atoms in total. The second kappa shape index (κ2) is 6.57. The topological polar surface area (TPSA) is 69.0 Å². The molecule has 0 aliphatic carbocycles. The van der Waals surface area contributed by atoms with Crippen LogP contribution in [0.2, 0.25) is 5.15 Å². The van der Waals surface area contributed by atoms with Crippen molar-refractivity contribution in [1.82, 2.24) is 19.5 Å². The number of nitrogens with zero attached hydrogens (tertiary/aromatic N) is 4. The van der Waals surface area contributed by atoms with E-state index in [1.54, 1.807) is 4.90 Å². The van der Waals surface area contributed by atoms with Gasteiger partial charge in [0.1, 0.15) is 11.2 Å². The molecule has 1 amide bonds. The van der Waals surface area contributed by atoms with Gasteiger partial charge >= 0.3 is 6.09 Å². The first-order valence-electron chi connectivity index (χ1n) is 8.43. The molecule has 3 rings (SSSR count). The predicted molar refractivity (Wildman–Crippen MR) is 94.0 cm³/mol. The molecule has 3 heterocycles. The number of carbonyl (C=O) groups excluding carboxylic acids is 1. The van der Waals surface area contributed by atoms with Crippen LogP contribution in [0.1, 0.15) is 40.5 Å². The molecule has 26 heavy (non-hydrogen) atoms. The van der Waals surface area contributed by atoms with Gasteiger partial charge in [-0.05, 0) is 27.7 Å². The summed E-state index contributed by atoms with van der Waals surface area (Å²) >= 11 is 5.98. The second-order valence-corrected chi connectivity index (χ2v) is 8.06. The smallest absolute Gasteiger partial charge is 0.410 e. The number of ether oxygens (including phenoxy) is 2. The second-order valence-electron chi connectivity index (χ2n) is 7.67. The Balaban J connectivity index is 1.72. The molecule has 0 saturated carbocycles. The molecule has 1 aliphatic rings. The fraction of sp³-hybridized carbons (Fsp3) is 0.588. The number of rotatable bonds is 2. The summed E-state index contributed by atoms with van der Waals surface area (Å²) in [4.78, 5) is 17.9. The largest absolute Gasteiger partial charge is 0.470 e. The third-order valence-electron chi connectivity index (χ3n) is 4.21. The van der Waals surface area contributed by atoms with Crippen LogP contribution in [0.25, 0.3) is 5.52 Å². The van der Waals surface area contributed by atoms with Crippen molar-refractivity contribution in [3.05, 3.63) is 23.4 Å². The van der Waals surface area contributed by atoms with E-state index in [0.717, 1.165) is 6.20 Å². The van der Waals surface area contributed by atoms with E-state index in [9.17, 15) is 9.18 Å². The van der Waals surface area contributed by atoms with Gasteiger partial charge in [-0.25, -0.2) is 13.7 Å². The van der Waals surface area contributed by atoms with E-state index in [4.69, 9.17) is 21.1 Å². The summed E-state index contributed by atoms with van der Waals surface area (Å²) in [5.74, 6) is -0.431. The number of piperidine rings is 1. The van der Waals surface area contributed by atoms with Gasteiger partial charge in [0.2, 0.25) is 5.88 Å². The molecule has 2 aromatic rings. The van der Waals surface area contributed by atoms with E-state index in [1.165, 1.54) is 10.7 Å². The quantitative estimate of drug-likeness (QED) is 0.789. The lowest BCUT2D eigenvalue weighted by molar-refractivity contribution is -0.0109. The Hall–Kier alpha value is -2.09. The highest BCUT2D eigenvalue weighted by Crippen LogP contribution is 2.32. The average Bonchev–Trinajstić information content (AvgIpc) is 2.87. The lowest BCUT2D eigenvalue weighted by Crippen LogP contribution is -2.49. The summed E-state index contributed by atoms with van der Waals surface area (Å²) < 4.78 is 26.8. The Morgan fingerprint density at radius 2 is 2.00 bits per heavy atom. The van der Waals surface area contributed by atoms with Crippen LogP contribution in [-0.2, 0) is 4.74 Å². The molecule has 1 fully saturated rings. The summed E-state index contributed by atoms with van der Waals surface area (Å²) in [6.45, 7) is 8.36.